The van der Waals surface area contributed by atoms with Crippen LogP contribution in [-0.2, 0) is 0 Å². The highest BCUT2D eigenvalue weighted by molar-refractivity contribution is 5.94. The van der Waals surface area contributed by atoms with Crippen molar-refractivity contribution < 1.29 is 9.32 Å². The fourth-order valence-corrected chi connectivity index (χ4v) is 3.71. The largest absolute Gasteiger partial charge is 0.353 e. The van der Waals surface area contributed by atoms with Gasteiger partial charge in [0.25, 0.3) is 5.91 Å². The van der Waals surface area contributed by atoms with E-state index < -0.39 is 0 Å². The van der Waals surface area contributed by atoms with E-state index in [9.17, 15) is 4.79 Å². The summed E-state index contributed by atoms with van der Waals surface area (Å²) in [6.45, 7) is 10.9. The van der Waals surface area contributed by atoms with Crippen LogP contribution in [0.25, 0.3) is 11.4 Å². The number of hydrogen-bond donors (Lipinski definition) is 0. The zero-order valence-electron chi connectivity index (χ0n) is 17.9. The van der Waals surface area contributed by atoms with Crippen LogP contribution in [0.2, 0.25) is 0 Å². The summed E-state index contributed by atoms with van der Waals surface area (Å²) in [6.07, 6.45) is 1.78. The maximum atomic E-state index is 12.9. The van der Waals surface area contributed by atoms with Gasteiger partial charge in [0.05, 0.1) is 0 Å². The van der Waals surface area contributed by atoms with E-state index in [1.165, 1.54) is 0 Å². The molecule has 1 saturated heterocycles. The Morgan fingerprint density at radius 1 is 1.03 bits per heavy atom. The summed E-state index contributed by atoms with van der Waals surface area (Å²) in [4.78, 5) is 26.0. The second-order valence-corrected chi connectivity index (χ2v) is 8.17. The number of pyridine rings is 1. The Kier molecular flexibility index (Phi) is 5.53. The van der Waals surface area contributed by atoms with Crippen LogP contribution in [0.1, 0.15) is 47.1 Å². The summed E-state index contributed by atoms with van der Waals surface area (Å²) in [5.41, 5.74) is 3.83. The summed E-state index contributed by atoms with van der Waals surface area (Å²) in [5.74, 6) is 2.37. The molecular formula is C23H27N5O2. The minimum atomic E-state index is 0.0998. The molecule has 0 atom stereocenters. The van der Waals surface area contributed by atoms with Crippen molar-refractivity contribution in [2.24, 2.45) is 0 Å². The van der Waals surface area contributed by atoms with Gasteiger partial charge in [-0.15, -0.1) is 0 Å². The maximum absolute atomic E-state index is 12.9. The second-order valence-electron chi connectivity index (χ2n) is 8.17. The standard InChI is InChI=1S/C23H27N5O2/c1-15(2)22-25-21(26-30-22)18-5-6-20(24-14-18)27-7-9-28(10-8-27)23(29)19-12-16(3)11-17(4)13-19/h5-6,11-15H,7-10H2,1-4H3. The maximum Gasteiger partial charge on any atom is 0.253 e. The summed E-state index contributed by atoms with van der Waals surface area (Å²) in [6, 6.07) is 9.95. The molecule has 0 spiro atoms. The Balaban J connectivity index is 1.39. The second kappa shape index (κ2) is 8.26. The summed E-state index contributed by atoms with van der Waals surface area (Å²) < 4.78 is 5.28. The molecule has 0 radical (unpaired) electrons. The van der Waals surface area contributed by atoms with Gasteiger partial charge in [-0.1, -0.05) is 36.2 Å². The number of hydrogen-bond acceptors (Lipinski definition) is 6. The molecule has 0 unspecified atom stereocenters. The van der Waals surface area contributed by atoms with Crippen molar-refractivity contribution in [1.29, 1.82) is 0 Å². The lowest BCUT2D eigenvalue weighted by molar-refractivity contribution is 0.0746. The van der Waals surface area contributed by atoms with Gasteiger partial charge in [0.15, 0.2) is 0 Å². The van der Waals surface area contributed by atoms with Crippen molar-refractivity contribution in [2.45, 2.75) is 33.6 Å². The first-order valence-electron chi connectivity index (χ1n) is 10.3. The highest BCUT2D eigenvalue weighted by Gasteiger charge is 2.23. The Hall–Kier alpha value is -3.22. The van der Waals surface area contributed by atoms with Crippen molar-refractivity contribution in [3.05, 3.63) is 59.1 Å². The van der Waals surface area contributed by atoms with Crippen molar-refractivity contribution in [3.8, 4) is 11.4 Å². The lowest BCUT2D eigenvalue weighted by Crippen LogP contribution is -2.49. The molecule has 7 heteroatoms. The molecule has 1 amide bonds. The molecule has 2 aromatic heterocycles. The number of anilines is 1. The van der Waals surface area contributed by atoms with Crippen LogP contribution in [0.15, 0.2) is 41.1 Å². The zero-order chi connectivity index (χ0) is 21.3. The predicted octanol–water partition coefficient (Wildman–Crippen LogP) is 3.83. The minimum Gasteiger partial charge on any atom is -0.353 e. The smallest absolute Gasteiger partial charge is 0.253 e. The number of aromatic nitrogens is 3. The van der Waals surface area contributed by atoms with Crippen molar-refractivity contribution in [1.82, 2.24) is 20.0 Å². The minimum absolute atomic E-state index is 0.0998. The number of carbonyl (C=O) groups excluding carboxylic acids is 1. The van der Waals surface area contributed by atoms with Crippen molar-refractivity contribution >= 4 is 11.7 Å². The fourth-order valence-electron chi connectivity index (χ4n) is 3.71. The molecule has 3 heterocycles. The molecule has 0 bridgehead atoms. The fraction of sp³-hybridized carbons (Fsp3) is 0.391. The van der Waals surface area contributed by atoms with E-state index in [2.05, 4.69) is 26.1 Å². The van der Waals surface area contributed by atoms with Gasteiger partial charge in [-0.2, -0.15) is 4.98 Å². The van der Waals surface area contributed by atoms with Crippen LogP contribution in [0, 0.1) is 13.8 Å². The van der Waals surface area contributed by atoms with E-state index in [1.807, 2.05) is 56.9 Å². The third kappa shape index (κ3) is 4.20. The van der Waals surface area contributed by atoms with E-state index in [4.69, 9.17) is 4.52 Å². The molecule has 1 fully saturated rings. The first-order chi connectivity index (χ1) is 14.4. The van der Waals surface area contributed by atoms with Gasteiger partial charge in [-0.3, -0.25) is 4.79 Å². The third-order valence-corrected chi connectivity index (χ3v) is 5.30. The number of rotatable bonds is 4. The van der Waals surface area contributed by atoms with E-state index >= 15 is 0 Å². The van der Waals surface area contributed by atoms with Crippen LogP contribution >= 0.6 is 0 Å². The topological polar surface area (TPSA) is 75.4 Å². The molecule has 0 aliphatic carbocycles. The molecule has 156 valence electrons. The van der Waals surface area contributed by atoms with E-state index in [0.717, 1.165) is 41.2 Å². The lowest BCUT2D eigenvalue weighted by atomic mass is 10.1. The third-order valence-electron chi connectivity index (χ3n) is 5.30. The molecule has 3 aromatic rings. The monoisotopic (exact) mass is 405 g/mol. The first-order valence-corrected chi connectivity index (χ1v) is 10.3. The number of nitrogens with zero attached hydrogens (tertiary/aromatic N) is 5. The molecule has 30 heavy (non-hydrogen) atoms. The van der Waals surface area contributed by atoms with E-state index in [1.54, 1.807) is 6.20 Å². The molecular weight excluding hydrogens is 378 g/mol. The quantitative estimate of drug-likeness (QED) is 0.657. The van der Waals surface area contributed by atoms with Gasteiger partial charge in [0.1, 0.15) is 5.82 Å². The van der Waals surface area contributed by atoms with Crippen molar-refractivity contribution in [2.75, 3.05) is 31.1 Å². The summed E-state index contributed by atoms with van der Waals surface area (Å²) in [5, 5.41) is 4.04. The highest BCUT2D eigenvalue weighted by Crippen LogP contribution is 2.22. The van der Waals surface area contributed by atoms with Gasteiger partial charge in [0.2, 0.25) is 11.7 Å². The van der Waals surface area contributed by atoms with Crippen LogP contribution in [0.5, 0.6) is 0 Å². The lowest BCUT2D eigenvalue weighted by Gasteiger charge is -2.35. The summed E-state index contributed by atoms with van der Waals surface area (Å²) >= 11 is 0. The van der Waals surface area contributed by atoms with Gasteiger partial charge in [0, 0.05) is 49.4 Å². The van der Waals surface area contributed by atoms with E-state index in [-0.39, 0.29) is 11.8 Å². The predicted molar refractivity (Wildman–Crippen MR) is 116 cm³/mol. The molecule has 1 aliphatic rings. The number of carbonyl (C=O) groups is 1. The molecule has 7 nitrogen and oxygen atoms in total. The Morgan fingerprint density at radius 2 is 1.73 bits per heavy atom. The van der Waals surface area contributed by atoms with Crippen LogP contribution in [0.3, 0.4) is 0 Å². The molecule has 4 rings (SSSR count). The average Bonchev–Trinajstić information content (AvgIpc) is 3.23. The van der Waals surface area contributed by atoms with Crippen molar-refractivity contribution in [3.63, 3.8) is 0 Å². The molecule has 0 N–H and O–H groups in total. The van der Waals surface area contributed by atoms with E-state index in [0.29, 0.717) is 24.8 Å². The number of benzene rings is 1. The van der Waals surface area contributed by atoms with Crippen LogP contribution in [-0.4, -0.2) is 52.1 Å². The highest BCUT2D eigenvalue weighted by atomic mass is 16.5. The Bertz CT molecular complexity index is 1010. The van der Waals surface area contributed by atoms with Crippen LogP contribution < -0.4 is 4.90 Å². The molecule has 1 aromatic carbocycles. The zero-order valence-corrected chi connectivity index (χ0v) is 17.9. The summed E-state index contributed by atoms with van der Waals surface area (Å²) in [7, 11) is 0. The average molecular weight is 406 g/mol. The molecule has 0 saturated carbocycles. The van der Waals surface area contributed by atoms with Gasteiger partial charge in [-0.25, -0.2) is 4.98 Å². The number of aryl methyl sites for hydroxylation is 2. The first kappa shape index (κ1) is 20.1. The molecule has 1 aliphatic heterocycles. The van der Waals surface area contributed by atoms with Gasteiger partial charge >= 0.3 is 0 Å². The number of amides is 1. The van der Waals surface area contributed by atoms with Crippen LogP contribution in [0.4, 0.5) is 5.82 Å². The number of piperazine rings is 1. The Labute approximate surface area is 176 Å². The normalized spacial score (nSPS) is 14.4. The Morgan fingerprint density at radius 3 is 2.30 bits per heavy atom. The van der Waals surface area contributed by atoms with Gasteiger partial charge < -0.3 is 14.3 Å². The SMILES string of the molecule is Cc1cc(C)cc(C(=O)N2CCN(c3ccc(-c4noc(C(C)C)n4)cn3)CC2)c1. The van der Waals surface area contributed by atoms with Gasteiger partial charge in [-0.05, 0) is 38.1 Å².